The Morgan fingerprint density at radius 2 is 1.64 bits per heavy atom. The summed E-state index contributed by atoms with van der Waals surface area (Å²) >= 11 is 0. The number of H-pyrrole nitrogens is 1. The van der Waals surface area contributed by atoms with Gasteiger partial charge in [0.15, 0.2) is 0 Å². The lowest BCUT2D eigenvalue weighted by molar-refractivity contribution is -0.142. The Kier molecular flexibility index (Phi) is 10.1. The van der Waals surface area contributed by atoms with Crippen LogP contribution in [0, 0.1) is 0 Å². The molecule has 5 amide bonds. The SMILES string of the molecule is C[C@H]1C(=O)N[C@@H](Cc2ccccc2)C(=O)NCCN(C(=O)[C@@H]2CCCN2)CC(=O)N[C@@H](Cc2c[nH]c3ccccc23)C(=O)N1C. The minimum absolute atomic E-state index is 0.0822. The van der Waals surface area contributed by atoms with Crippen LogP contribution in [0.2, 0.25) is 0 Å². The third-order valence-corrected chi connectivity index (χ3v) is 8.64. The fourth-order valence-electron chi connectivity index (χ4n) is 5.92. The number of amides is 5. The largest absolute Gasteiger partial charge is 0.361 e. The van der Waals surface area contributed by atoms with Gasteiger partial charge >= 0.3 is 0 Å². The minimum Gasteiger partial charge on any atom is -0.361 e. The van der Waals surface area contributed by atoms with E-state index in [1.54, 1.807) is 6.92 Å². The summed E-state index contributed by atoms with van der Waals surface area (Å²) in [4.78, 5) is 73.7. The van der Waals surface area contributed by atoms with Crippen LogP contribution in [-0.4, -0.2) is 102 Å². The Bertz CT molecular complexity index is 1530. The highest BCUT2D eigenvalue weighted by atomic mass is 16.2. The van der Waals surface area contributed by atoms with E-state index < -0.39 is 47.8 Å². The number of benzene rings is 2. The molecule has 45 heavy (non-hydrogen) atoms. The molecule has 0 unspecified atom stereocenters. The highest BCUT2D eigenvalue weighted by molar-refractivity contribution is 5.96. The van der Waals surface area contributed by atoms with Gasteiger partial charge in [0.1, 0.15) is 18.1 Å². The van der Waals surface area contributed by atoms with Crippen LogP contribution in [0.25, 0.3) is 10.9 Å². The maximum atomic E-state index is 14.0. The van der Waals surface area contributed by atoms with Crippen molar-refractivity contribution in [3.8, 4) is 0 Å². The topological polar surface area (TPSA) is 156 Å². The van der Waals surface area contributed by atoms with Gasteiger partial charge in [-0.05, 0) is 43.5 Å². The van der Waals surface area contributed by atoms with Gasteiger partial charge in [0.2, 0.25) is 29.5 Å². The van der Waals surface area contributed by atoms with Gasteiger partial charge in [-0.3, -0.25) is 24.0 Å². The van der Waals surface area contributed by atoms with Gasteiger partial charge in [-0.1, -0.05) is 48.5 Å². The van der Waals surface area contributed by atoms with E-state index in [9.17, 15) is 24.0 Å². The molecule has 238 valence electrons. The number of aromatic amines is 1. The number of hydrogen-bond acceptors (Lipinski definition) is 6. The maximum absolute atomic E-state index is 14.0. The number of rotatable bonds is 5. The van der Waals surface area contributed by atoms with Crippen molar-refractivity contribution in [2.75, 3.05) is 33.2 Å². The first-order valence-corrected chi connectivity index (χ1v) is 15.5. The zero-order valence-electron chi connectivity index (χ0n) is 25.7. The zero-order chi connectivity index (χ0) is 31.9. The molecule has 5 N–H and O–H groups in total. The average Bonchev–Trinajstić information content (AvgIpc) is 3.73. The molecule has 0 aliphatic carbocycles. The fraction of sp³-hybridized carbons (Fsp3) is 0.424. The summed E-state index contributed by atoms with van der Waals surface area (Å²) in [7, 11) is 1.51. The minimum atomic E-state index is -1.01. The highest BCUT2D eigenvalue weighted by Crippen LogP contribution is 2.20. The molecule has 2 aromatic carbocycles. The number of fused-ring (bicyclic) bond motifs is 1. The van der Waals surface area contributed by atoms with Gasteiger partial charge in [-0.25, -0.2) is 0 Å². The third kappa shape index (κ3) is 7.69. The summed E-state index contributed by atoms with van der Waals surface area (Å²) in [6, 6.07) is 13.7. The first-order chi connectivity index (χ1) is 21.7. The summed E-state index contributed by atoms with van der Waals surface area (Å²) in [5.74, 6) is -2.13. The van der Waals surface area contributed by atoms with Crippen molar-refractivity contribution < 1.29 is 24.0 Å². The van der Waals surface area contributed by atoms with E-state index in [0.717, 1.165) is 28.5 Å². The smallest absolute Gasteiger partial charge is 0.245 e. The second-order valence-electron chi connectivity index (χ2n) is 11.8. The second kappa shape index (κ2) is 14.4. The maximum Gasteiger partial charge on any atom is 0.245 e. The van der Waals surface area contributed by atoms with E-state index in [0.29, 0.717) is 13.0 Å². The number of carbonyl (C=O) groups excluding carboxylic acids is 5. The number of carbonyl (C=O) groups is 5. The normalized spacial score (nSPS) is 24.0. The number of aromatic nitrogens is 1. The van der Waals surface area contributed by atoms with Crippen molar-refractivity contribution in [2.24, 2.45) is 0 Å². The summed E-state index contributed by atoms with van der Waals surface area (Å²) in [5.41, 5.74) is 2.58. The standard InChI is InChI=1S/C33H41N7O5/c1-21-30(42)38-27(17-22-9-4-3-5-10-22)31(43)35-15-16-40(33(45)26-13-8-14-34-26)20-29(41)37-28(32(44)39(21)2)18-23-19-36-25-12-7-6-11-24(23)25/h3-7,9-12,19,21,26-28,34,36H,8,13-18,20H2,1-2H3,(H,35,43)(H,37,41)(H,38,42)/t21-,26-,27-,28-/m0/s1. The Labute approximate surface area is 262 Å². The summed E-state index contributed by atoms with van der Waals surface area (Å²) in [6.07, 6.45) is 3.71. The molecule has 12 heteroatoms. The van der Waals surface area contributed by atoms with Crippen molar-refractivity contribution in [1.82, 2.24) is 36.1 Å². The van der Waals surface area contributed by atoms with Crippen LogP contribution < -0.4 is 21.3 Å². The van der Waals surface area contributed by atoms with E-state index >= 15 is 0 Å². The Balaban J connectivity index is 1.44. The van der Waals surface area contributed by atoms with E-state index in [1.165, 1.54) is 16.8 Å². The molecular formula is C33H41N7O5. The van der Waals surface area contributed by atoms with Gasteiger partial charge in [0, 0.05) is 50.1 Å². The summed E-state index contributed by atoms with van der Waals surface area (Å²) < 4.78 is 0. The molecule has 12 nitrogen and oxygen atoms in total. The fourth-order valence-corrected chi connectivity index (χ4v) is 5.92. The lowest BCUT2D eigenvalue weighted by atomic mass is 10.0. The Hall–Kier alpha value is -4.71. The lowest BCUT2D eigenvalue weighted by Gasteiger charge is -2.30. The predicted molar refractivity (Wildman–Crippen MR) is 169 cm³/mol. The molecule has 0 radical (unpaired) electrons. The molecule has 2 fully saturated rings. The van der Waals surface area contributed by atoms with Crippen LogP contribution in [0.15, 0.2) is 60.8 Å². The van der Waals surface area contributed by atoms with Crippen molar-refractivity contribution in [1.29, 1.82) is 0 Å². The van der Waals surface area contributed by atoms with Crippen LogP contribution in [0.5, 0.6) is 0 Å². The highest BCUT2D eigenvalue weighted by Gasteiger charge is 2.34. The van der Waals surface area contributed by atoms with Gasteiger partial charge in [-0.2, -0.15) is 0 Å². The number of likely N-dealkylation sites (N-methyl/N-ethyl adjacent to an activating group) is 1. The molecule has 0 saturated carbocycles. The van der Waals surface area contributed by atoms with Crippen molar-refractivity contribution in [3.05, 3.63) is 71.9 Å². The van der Waals surface area contributed by atoms with Gasteiger partial charge in [0.05, 0.1) is 12.6 Å². The van der Waals surface area contributed by atoms with E-state index in [1.807, 2.05) is 60.8 Å². The number of nitrogens with zero attached hydrogens (tertiary/aromatic N) is 2. The summed E-state index contributed by atoms with van der Waals surface area (Å²) in [5, 5.41) is 12.6. The predicted octanol–water partition coefficient (Wildman–Crippen LogP) is 0.480. The molecule has 5 rings (SSSR count). The van der Waals surface area contributed by atoms with Crippen LogP contribution in [-0.2, 0) is 36.8 Å². The van der Waals surface area contributed by atoms with Crippen LogP contribution in [0.4, 0.5) is 0 Å². The van der Waals surface area contributed by atoms with Gasteiger partial charge in [0.25, 0.3) is 0 Å². The van der Waals surface area contributed by atoms with Crippen molar-refractivity contribution in [3.63, 3.8) is 0 Å². The van der Waals surface area contributed by atoms with Gasteiger partial charge < -0.3 is 36.1 Å². The molecule has 3 aromatic rings. The van der Waals surface area contributed by atoms with Crippen molar-refractivity contribution >= 4 is 40.4 Å². The quantitative estimate of drug-likeness (QED) is 0.281. The third-order valence-electron chi connectivity index (χ3n) is 8.64. The van der Waals surface area contributed by atoms with E-state index in [-0.39, 0.29) is 38.4 Å². The lowest BCUT2D eigenvalue weighted by Crippen LogP contribution is -2.57. The van der Waals surface area contributed by atoms with Crippen LogP contribution >= 0.6 is 0 Å². The Morgan fingerprint density at radius 1 is 0.889 bits per heavy atom. The molecule has 2 aliphatic rings. The van der Waals surface area contributed by atoms with Crippen LogP contribution in [0.1, 0.15) is 30.9 Å². The molecular weight excluding hydrogens is 574 g/mol. The first-order valence-electron chi connectivity index (χ1n) is 15.5. The number of para-hydroxylation sites is 1. The Morgan fingerprint density at radius 3 is 2.40 bits per heavy atom. The molecule has 3 heterocycles. The molecule has 2 saturated heterocycles. The zero-order valence-corrected chi connectivity index (χ0v) is 25.7. The molecule has 4 atom stereocenters. The first kappa shape index (κ1) is 31.7. The monoisotopic (exact) mass is 615 g/mol. The number of hydrogen-bond donors (Lipinski definition) is 5. The average molecular weight is 616 g/mol. The summed E-state index contributed by atoms with van der Waals surface area (Å²) in [6.45, 7) is 2.18. The molecule has 0 bridgehead atoms. The van der Waals surface area contributed by atoms with Gasteiger partial charge in [-0.15, -0.1) is 0 Å². The van der Waals surface area contributed by atoms with Crippen molar-refractivity contribution in [2.45, 2.75) is 56.8 Å². The molecule has 2 aliphatic heterocycles. The number of nitrogens with one attached hydrogen (secondary N) is 5. The second-order valence-corrected chi connectivity index (χ2v) is 11.8. The molecule has 1 aromatic heterocycles. The van der Waals surface area contributed by atoms with E-state index in [4.69, 9.17) is 0 Å². The molecule has 0 spiro atoms. The van der Waals surface area contributed by atoms with E-state index in [2.05, 4.69) is 26.3 Å². The van der Waals surface area contributed by atoms with Crippen LogP contribution in [0.3, 0.4) is 0 Å².